The van der Waals surface area contributed by atoms with Gasteiger partial charge in [-0.15, -0.1) is 11.3 Å². The number of hydrogen-bond donors (Lipinski definition) is 0. The van der Waals surface area contributed by atoms with Crippen LogP contribution >= 0.6 is 22.9 Å². The zero-order valence-corrected chi connectivity index (χ0v) is 16.5. The van der Waals surface area contributed by atoms with Crippen molar-refractivity contribution < 1.29 is 17.9 Å². The van der Waals surface area contributed by atoms with E-state index in [4.69, 9.17) is 16.3 Å². The van der Waals surface area contributed by atoms with E-state index in [1.807, 2.05) is 12.1 Å². The fourth-order valence-corrected chi connectivity index (χ4v) is 3.67. The first kappa shape index (κ1) is 19.5. The van der Waals surface area contributed by atoms with Gasteiger partial charge < -0.3 is 4.74 Å². The number of rotatable bonds is 4. The predicted molar refractivity (Wildman–Crippen MR) is 107 cm³/mol. The molecule has 0 bridgehead atoms. The van der Waals surface area contributed by atoms with Gasteiger partial charge in [-0.05, 0) is 42.5 Å². The Hall–Kier alpha value is -2.84. The summed E-state index contributed by atoms with van der Waals surface area (Å²) >= 11 is 7.11. The van der Waals surface area contributed by atoms with Crippen LogP contribution in [0, 0.1) is 0 Å². The molecule has 4 nitrogen and oxygen atoms in total. The van der Waals surface area contributed by atoms with E-state index in [2.05, 4.69) is 10.1 Å². The molecule has 0 unspecified atom stereocenters. The minimum atomic E-state index is -4.57. The Balaban J connectivity index is 1.78. The summed E-state index contributed by atoms with van der Waals surface area (Å²) in [5.41, 5.74) is 1.31. The number of ether oxygens (including phenoxy) is 1. The highest BCUT2D eigenvalue weighted by atomic mass is 35.5. The molecule has 0 aliphatic heterocycles. The lowest BCUT2D eigenvalue weighted by Gasteiger charge is -2.04. The summed E-state index contributed by atoms with van der Waals surface area (Å²) in [6.07, 6.45) is -4.57. The van der Waals surface area contributed by atoms with Crippen molar-refractivity contribution in [2.24, 2.45) is 0 Å². The topological polar surface area (TPSA) is 39.9 Å². The fraction of sp³-hybridized carbons (Fsp3) is 0.100. The van der Waals surface area contributed by atoms with Crippen LogP contribution in [0.5, 0.6) is 5.75 Å². The van der Waals surface area contributed by atoms with Crippen LogP contribution in [0.2, 0.25) is 5.02 Å². The van der Waals surface area contributed by atoms with Crippen molar-refractivity contribution in [1.82, 2.24) is 14.8 Å². The summed E-state index contributed by atoms with van der Waals surface area (Å²) in [7, 11) is 1.57. The first-order valence-corrected chi connectivity index (χ1v) is 9.64. The molecule has 4 rings (SSSR count). The second-order valence-electron chi connectivity index (χ2n) is 6.08. The van der Waals surface area contributed by atoms with E-state index in [9.17, 15) is 13.2 Å². The van der Waals surface area contributed by atoms with Crippen LogP contribution in [0.15, 0.2) is 60.0 Å². The number of methoxy groups -OCH3 is 1. The van der Waals surface area contributed by atoms with Gasteiger partial charge in [-0.1, -0.05) is 23.7 Å². The summed E-state index contributed by atoms with van der Waals surface area (Å²) in [6.45, 7) is 0. The average molecular weight is 436 g/mol. The average Bonchev–Trinajstić information content (AvgIpc) is 3.36. The van der Waals surface area contributed by atoms with Crippen LogP contribution in [0.4, 0.5) is 13.2 Å². The number of thiazole rings is 1. The monoisotopic (exact) mass is 435 g/mol. The molecule has 0 fully saturated rings. The molecule has 0 aliphatic carbocycles. The van der Waals surface area contributed by atoms with Crippen molar-refractivity contribution in [3.8, 4) is 33.4 Å². The Kier molecular flexibility index (Phi) is 5.06. The number of aromatic nitrogens is 3. The van der Waals surface area contributed by atoms with Gasteiger partial charge in [0.2, 0.25) is 5.13 Å². The van der Waals surface area contributed by atoms with Crippen molar-refractivity contribution in [3.63, 3.8) is 0 Å². The van der Waals surface area contributed by atoms with E-state index in [1.165, 1.54) is 16.0 Å². The van der Waals surface area contributed by atoms with Crippen molar-refractivity contribution >= 4 is 22.9 Å². The normalized spacial score (nSPS) is 11.6. The Morgan fingerprint density at radius 1 is 1.00 bits per heavy atom. The van der Waals surface area contributed by atoms with Gasteiger partial charge in [0, 0.05) is 21.5 Å². The van der Waals surface area contributed by atoms with Gasteiger partial charge in [0.05, 0.1) is 18.5 Å². The third kappa shape index (κ3) is 3.99. The highest BCUT2D eigenvalue weighted by molar-refractivity contribution is 7.12. The van der Waals surface area contributed by atoms with Gasteiger partial charge in [0.1, 0.15) is 5.75 Å². The minimum Gasteiger partial charge on any atom is -0.497 e. The van der Waals surface area contributed by atoms with E-state index < -0.39 is 11.9 Å². The number of alkyl halides is 3. The first-order valence-electron chi connectivity index (χ1n) is 8.38. The van der Waals surface area contributed by atoms with Crippen molar-refractivity contribution in [1.29, 1.82) is 0 Å². The van der Waals surface area contributed by atoms with Crippen LogP contribution in [0.3, 0.4) is 0 Å². The third-order valence-electron chi connectivity index (χ3n) is 4.20. The summed E-state index contributed by atoms with van der Waals surface area (Å²) in [6, 6.07) is 14.8. The molecule has 2 heterocycles. The Morgan fingerprint density at radius 2 is 1.66 bits per heavy atom. The number of halogens is 4. The molecule has 0 radical (unpaired) electrons. The molecule has 0 spiro atoms. The van der Waals surface area contributed by atoms with E-state index in [0.717, 1.165) is 11.6 Å². The standard InChI is InChI=1S/C20H13ClF3N3OS/c1-28-15-8-4-12(5-9-15)16-11-29-19(25-16)27-17(10-18(26-27)20(22,23)24)13-2-6-14(21)7-3-13/h2-11H,1H3. The molecular weight excluding hydrogens is 423 g/mol. The van der Waals surface area contributed by atoms with E-state index in [-0.39, 0.29) is 5.69 Å². The zero-order chi connectivity index (χ0) is 20.6. The summed E-state index contributed by atoms with van der Waals surface area (Å²) in [5, 5.41) is 6.37. The number of benzene rings is 2. The quantitative estimate of drug-likeness (QED) is 0.375. The van der Waals surface area contributed by atoms with Crippen molar-refractivity contribution in [2.45, 2.75) is 6.18 Å². The molecule has 4 aromatic rings. The maximum atomic E-state index is 13.3. The lowest BCUT2D eigenvalue weighted by molar-refractivity contribution is -0.141. The highest BCUT2D eigenvalue weighted by Gasteiger charge is 2.35. The molecule has 0 amide bonds. The fourth-order valence-electron chi connectivity index (χ4n) is 2.75. The third-order valence-corrected chi connectivity index (χ3v) is 5.27. The lowest BCUT2D eigenvalue weighted by atomic mass is 10.1. The van der Waals surface area contributed by atoms with E-state index >= 15 is 0 Å². The molecule has 2 aromatic heterocycles. The molecule has 0 N–H and O–H groups in total. The molecule has 29 heavy (non-hydrogen) atoms. The molecular formula is C20H13ClF3N3OS. The lowest BCUT2D eigenvalue weighted by Crippen LogP contribution is -2.07. The van der Waals surface area contributed by atoms with Crippen molar-refractivity contribution in [3.05, 3.63) is 70.7 Å². The van der Waals surface area contributed by atoms with Gasteiger partial charge >= 0.3 is 6.18 Å². The van der Waals surface area contributed by atoms with E-state index in [0.29, 0.717) is 27.2 Å². The van der Waals surface area contributed by atoms with Gasteiger partial charge in [-0.3, -0.25) is 0 Å². The second-order valence-corrected chi connectivity index (χ2v) is 7.35. The van der Waals surface area contributed by atoms with Gasteiger partial charge in [0.25, 0.3) is 0 Å². The smallest absolute Gasteiger partial charge is 0.435 e. The van der Waals surface area contributed by atoms with Crippen LogP contribution in [-0.2, 0) is 6.18 Å². The molecule has 0 saturated heterocycles. The number of nitrogens with zero attached hydrogens (tertiary/aromatic N) is 3. The summed E-state index contributed by atoms with van der Waals surface area (Å²) < 4.78 is 46.2. The SMILES string of the molecule is COc1ccc(-c2csc(-n3nc(C(F)(F)F)cc3-c3ccc(Cl)cc3)n2)cc1. The Labute approximate surface area is 173 Å². The largest absolute Gasteiger partial charge is 0.497 e. The minimum absolute atomic E-state index is 0.282. The molecule has 148 valence electrons. The Bertz CT molecular complexity index is 1140. The van der Waals surface area contributed by atoms with Crippen LogP contribution in [-0.4, -0.2) is 21.9 Å². The molecule has 0 aliphatic rings. The molecule has 2 aromatic carbocycles. The Morgan fingerprint density at radius 3 is 2.28 bits per heavy atom. The van der Waals surface area contributed by atoms with Crippen molar-refractivity contribution in [2.75, 3.05) is 7.11 Å². The highest BCUT2D eigenvalue weighted by Crippen LogP contribution is 2.35. The summed E-state index contributed by atoms with van der Waals surface area (Å²) in [4.78, 5) is 4.49. The maximum absolute atomic E-state index is 13.3. The van der Waals surface area contributed by atoms with Gasteiger partial charge in [0.15, 0.2) is 5.69 Å². The van der Waals surface area contributed by atoms with Gasteiger partial charge in [-0.25, -0.2) is 9.67 Å². The van der Waals surface area contributed by atoms with Crippen LogP contribution in [0.25, 0.3) is 27.6 Å². The van der Waals surface area contributed by atoms with E-state index in [1.54, 1.807) is 48.9 Å². The first-order chi connectivity index (χ1) is 13.8. The van der Waals surface area contributed by atoms with Crippen LogP contribution < -0.4 is 4.74 Å². The molecule has 0 saturated carbocycles. The zero-order valence-electron chi connectivity index (χ0n) is 14.9. The van der Waals surface area contributed by atoms with Crippen LogP contribution in [0.1, 0.15) is 5.69 Å². The summed E-state index contributed by atoms with van der Waals surface area (Å²) in [5.74, 6) is 0.705. The van der Waals surface area contributed by atoms with Gasteiger partial charge in [-0.2, -0.15) is 18.3 Å². The molecule has 9 heteroatoms. The second kappa shape index (κ2) is 7.53. The maximum Gasteiger partial charge on any atom is 0.435 e. The molecule has 0 atom stereocenters. The number of hydrogen-bond acceptors (Lipinski definition) is 4. The predicted octanol–water partition coefficient (Wildman–Crippen LogP) is 6.34.